The number of hydrogen-bond acceptors (Lipinski definition) is 3. The number of carboxylic acids is 1. The molecule has 3 rings (SSSR count). The number of carbonyl (C=O) groups excluding carboxylic acids is 1. The third kappa shape index (κ3) is 4.48. The molecular weight excluding hydrogens is 340 g/mol. The predicted octanol–water partition coefficient (Wildman–Crippen LogP) is 3.01. The summed E-state index contributed by atoms with van der Waals surface area (Å²) in [7, 11) is 3.99. The SMILES string of the molecule is CN(C)c1ccc(CCC(=O)N2C[C@H](C(=O)O)[C@@H](c3ccccc3)C2)cc1. The lowest BCUT2D eigenvalue weighted by atomic mass is 9.89. The van der Waals surface area contributed by atoms with Gasteiger partial charge >= 0.3 is 5.97 Å². The van der Waals surface area contributed by atoms with Gasteiger partial charge in [0, 0.05) is 45.2 Å². The Morgan fingerprint density at radius 1 is 1.04 bits per heavy atom. The van der Waals surface area contributed by atoms with E-state index in [2.05, 4.69) is 0 Å². The van der Waals surface area contributed by atoms with Gasteiger partial charge in [0.2, 0.25) is 5.91 Å². The number of rotatable bonds is 6. The fourth-order valence-corrected chi connectivity index (χ4v) is 3.67. The van der Waals surface area contributed by atoms with Crippen LogP contribution in [-0.2, 0) is 16.0 Å². The molecule has 1 saturated heterocycles. The molecule has 0 aromatic heterocycles. The molecule has 5 nitrogen and oxygen atoms in total. The number of carboxylic acid groups (broad SMARTS) is 1. The normalized spacial score (nSPS) is 19.1. The first kappa shape index (κ1) is 19.0. The highest BCUT2D eigenvalue weighted by Crippen LogP contribution is 2.33. The maximum absolute atomic E-state index is 12.7. The Morgan fingerprint density at radius 3 is 2.30 bits per heavy atom. The number of aliphatic carboxylic acids is 1. The Hall–Kier alpha value is -2.82. The Labute approximate surface area is 160 Å². The third-order valence-electron chi connectivity index (χ3n) is 5.30. The van der Waals surface area contributed by atoms with Crippen LogP contribution in [0.15, 0.2) is 54.6 Å². The molecule has 27 heavy (non-hydrogen) atoms. The highest BCUT2D eigenvalue weighted by atomic mass is 16.4. The van der Waals surface area contributed by atoms with E-state index in [1.807, 2.05) is 73.6 Å². The summed E-state index contributed by atoms with van der Waals surface area (Å²) in [6, 6.07) is 17.8. The van der Waals surface area contributed by atoms with Crippen LogP contribution in [0.25, 0.3) is 0 Å². The zero-order valence-corrected chi connectivity index (χ0v) is 15.8. The van der Waals surface area contributed by atoms with E-state index in [9.17, 15) is 14.7 Å². The monoisotopic (exact) mass is 366 g/mol. The highest BCUT2D eigenvalue weighted by Gasteiger charge is 2.40. The summed E-state index contributed by atoms with van der Waals surface area (Å²) in [5.41, 5.74) is 3.22. The van der Waals surface area contributed by atoms with Gasteiger partial charge in [-0.05, 0) is 29.7 Å². The van der Waals surface area contributed by atoms with Gasteiger partial charge in [0.1, 0.15) is 0 Å². The van der Waals surface area contributed by atoms with Crippen molar-refractivity contribution in [2.45, 2.75) is 18.8 Å². The first-order valence-electron chi connectivity index (χ1n) is 9.27. The molecule has 1 amide bonds. The highest BCUT2D eigenvalue weighted by molar-refractivity contribution is 5.80. The van der Waals surface area contributed by atoms with E-state index in [0.717, 1.165) is 16.8 Å². The molecule has 2 aromatic rings. The van der Waals surface area contributed by atoms with Crippen LogP contribution in [-0.4, -0.2) is 49.1 Å². The maximum atomic E-state index is 12.7. The van der Waals surface area contributed by atoms with Crippen LogP contribution in [0, 0.1) is 5.92 Å². The van der Waals surface area contributed by atoms with Gasteiger partial charge in [-0.2, -0.15) is 0 Å². The van der Waals surface area contributed by atoms with Gasteiger partial charge in [-0.3, -0.25) is 9.59 Å². The molecule has 0 saturated carbocycles. The number of benzene rings is 2. The van der Waals surface area contributed by atoms with Gasteiger partial charge in [-0.25, -0.2) is 0 Å². The van der Waals surface area contributed by atoms with Gasteiger partial charge < -0.3 is 14.9 Å². The Bertz CT molecular complexity index is 787. The molecular formula is C22H26N2O3. The average molecular weight is 366 g/mol. The fraction of sp³-hybridized carbons (Fsp3) is 0.364. The lowest BCUT2D eigenvalue weighted by molar-refractivity contribution is -0.141. The minimum absolute atomic E-state index is 0.0244. The lowest BCUT2D eigenvalue weighted by Gasteiger charge is -2.17. The Balaban J connectivity index is 1.62. The van der Waals surface area contributed by atoms with E-state index in [4.69, 9.17) is 0 Å². The molecule has 5 heteroatoms. The number of hydrogen-bond donors (Lipinski definition) is 1. The van der Waals surface area contributed by atoms with Gasteiger partial charge in [-0.15, -0.1) is 0 Å². The second kappa shape index (κ2) is 8.25. The van der Waals surface area contributed by atoms with Crippen molar-refractivity contribution < 1.29 is 14.7 Å². The molecule has 2 aromatic carbocycles. The number of carbonyl (C=O) groups is 2. The summed E-state index contributed by atoms with van der Waals surface area (Å²) in [4.78, 5) is 28.1. The molecule has 0 spiro atoms. The molecule has 0 aliphatic carbocycles. The molecule has 1 N–H and O–H groups in total. The van der Waals surface area contributed by atoms with E-state index in [1.54, 1.807) is 4.90 Å². The summed E-state index contributed by atoms with van der Waals surface area (Å²) >= 11 is 0. The number of anilines is 1. The second-order valence-electron chi connectivity index (χ2n) is 7.32. The Kier molecular flexibility index (Phi) is 5.79. The van der Waals surface area contributed by atoms with Gasteiger partial charge in [0.15, 0.2) is 0 Å². The smallest absolute Gasteiger partial charge is 0.308 e. The molecule has 0 radical (unpaired) electrons. The van der Waals surface area contributed by atoms with Crippen molar-refractivity contribution in [3.05, 3.63) is 65.7 Å². The molecule has 2 atom stereocenters. The first-order valence-corrected chi connectivity index (χ1v) is 9.27. The van der Waals surface area contributed by atoms with Crippen LogP contribution in [0.5, 0.6) is 0 Å². The maximum Gasteiger partial charge on any atom is 0.308 e. The molecule has 1 aliphatic heterocycles. The lowest BCUT2D eigenvalue weighted by Crippen LogP contribution is -2.30. The zero-order chi connectivity index (χ0) is 19.4. The van der Waals surface area contributed by atoms with Gasteiger partial charge in [0.25, 0.3) is 0 Å². The van der Waals surface area contributed by atoms with Crippen molar-refractivity contribution in [3.8, 4) is 0 Å². The van der Waals surface area contributed by atoms with Crippen molar-refractivity contribution in [2.24, 2.45) is 5.92 Å². The summed E-state index contributed by atoms with van der Waals surface area (Å²) in [5, 5.41) is 9.58. The van der Waals surface area contributed by atoms with Crippen molar-refractivity contribution in [3.63, 3.8) is 0 Å². The van der Waals surface area contributed by atoms with Crippen molar-refractivity contribution in [1.82, 2.24) is 4.90 Å². The van der Waals surface area contributed by atoms with E-state index >= 15 is 0 Å². The van der Waals surface area contributed by atoms with Crippen molar-refractivity contribution in [1.29, 1.82) is 0 Å². The zero-order valence-electron chi connectivity index (χ0n) is 15.8. The first-order chi connectivity index (χ1) is 13.0. The van der Waals surface area contributed by atoms with Crippen LogP contribution >= 0.6 is 0 Å². The van der Waals surface area contributed by atoms with Crippen LogP contribution < -0.4 is 4.90 Å². The summed E-state index contributed by atoms with van der Waals surface area (Å²) in [6.45, 7) is 0.757. The molecule has 142 valence electrons. The summed E-state index contributed by atoms with van der Waals surface area (Å²) < 4.78 is 0. The standard InChI is InChI=1S/C22H26N2O3/c1-23(2)18-11-8-16(9-12-18)10-13-21(25)24-14-19(20(15-24)22(26)27)17-6-4-3-5-7-17/h3-9,11-12,19-20H,10,13-15H2,1-2H3,(H,26,27)/t19-,20+/m1/s1. The molecule has 1 fully saturated rings. The minimum Gasteiger partial charge on any atom is -0.481 e. The summed E-state index contributed by atoms with van der Waals surface area (Å²) in [5.74, 6) is -1.50. The van der Waals surface area contributed by atoms with Crippen LogP contribution in [0.3, 0.4) is 0 Å². The predicted molar refractivity (Wildman–Crippen MR) is 106 cm³/mol. The molecule has 1 aliphatic rings. The Morgan fingerprint density at radius 2 is 1.70 bits per heavy atom. The van der Waals surface area contributed by atoms with Gasteiger partial charge in [0.05, 0.1) is 5.92 Å². The molecule has 0 bridgehead atoms. The largest absolute Gasteiger partial charge is 0.481 e. The van der Waals surface area contributed by atoms with Crippen LogP contribution in [0.1, 0.15) is 23.5 Å². The summed E-state index contributed by atoms with van der Waals surface area (Å²) in [6.07, 6.45) is 1.06. The number of amides is 1. The van der Waals surface area contributed by atoms with E-state index < -0.39 is 11.9 Å². The molecule has 0 unspecified atom stereocenters. The van der Waals surface area contributed by atoms with Gasteiger partial charge in [-0.1, -0.05) is 42.5 Å². The number of likely N-dealkylation sites (tertiary alicyclic amines) is 1. The van der Waals surface area contributed by atoms with E-state index in [0.29, 0.717) is 19.4 Å². The second-order valence-corrected chi connectivity index (χ2v) is 7.32. The number of aryl methyl sites for hydroxylation is 1. The fourth-order valence-electron chi connectivity index (χ4n) is 3.67. The quantitative estimate of drug-likeness (QED) is 0.854. The van der Waals surface area contributed by atoms with Crippen LogP contribution in [0.2, 0.25) is 0 Å². The molecule has 1 heterocycles. The minimum atomic E-state index is -0.835. The third-order valence-corrected chi connectivity index (χ3v) is 5.30. The van der Waals surface area contributed by atoms with E-state index in [1.165, 1.54) is 0 Å². The van der Waals surface area contributed by atoms with Crippen molar-refractivity contribution >= 4 is 17.6 Å². The van der Waals surface area contributed by atoms with Crippen molar-refractivity contribution in [2.75, 3.05) is 32.1 Å². The topological polar surface area (TPSA) is 60.9 Å². The average Bonchev–Trinajstić information content (AvgIpc) is 3.13. The van der Waals surface area contributed by atoms with E-state index in [-0.39, 0.29) is 18.4 Å². The van der Waals surface area contributed by atoms with Crippen LogP contribution in [0.4, 0.5) is 5.69 Å². The number of nitrogens with zero attached hydrogens (tertiary/aromatic N) is 2.